The highest BCUT2D eigenvalue weighted by molar-refractivity contribution is 6.16. The molecule has 0 saturated heterocycles. The van der Waals surface area contributed by atoms with Gasteiger partial charge in [-0.05, 0) is 93.5 Å². The van der Waals surface area contributed by atoms with Crippen LogP contribution >= 0.6 is 0 Å². The number of rotatable bonds is 8. The standard InChI is InChI=1S/C54H38N2/c1-4-18-39(19-5-1)46-26-10-11-27-47(46)41-34-36-44(37-35-41)55(51-31-14-12-28-48(51)40-20-6-2-7-21-40)45-25-16-22-42(38-45)49-30-17-33-53-54(49)50-29-13-15-32-52(50)56(53)43-23-8-3-9-24-43/h1-38H. The molecule has 0 radical (unpaired) electrons. The first kappa shape index (κ1) is 33.2. The monoisotopic (exact) mass is 714 g/mol. The molecule has 1 aromatic heterocycles. The van der Waals surface area contributed by atoms with Gasteiger partial charge in [0.25, 0.3) is 0 Å². The van der Waals surface area contributed by atoms with Gasteiger partial charge < -0.3 is 9.47 Å². The highest BCUT2D eigenvalue weighted by Crippen LogP contribution is 2.44. The van der Waals surface area contributed by atoms with Gasteiger partial charge in [-0.2, -0.15) is 0 Å². The largest absolute Gasteiger partial charge is 0.310 e. The predicted octanol–water partition coefficient (Wildman–Crippen LogP) is 14.9. The van der Waals surface area contributed by atoms with Crippen LogP contribution in [0, 0.1) is 0 Å². The summed E-state index contributed by atoms with van der Waals surface area (Å²) in [7, 11) is 0. The minimum absolute atomic E-state index is 1.09. The Balaban J connectivity index is 1.14. The molecule has 0 spiro atoms. The number of benzene rings is 9. The third-order valence-electron chi connectivity index (χ3n) is 10.8. The zero-order valence-corrected chi connectivity index (χ0v) is 30.8. The van der Waals surface area contributed by atoms with Gasteiger partial charge in [-0.1, -0.05) is 176 Å². The van der Waals surface area contributed by atoms with E-state index in [2.05, 4.69) is 240 Å². The van der Waals surface area contributed by atoms with Crippen LogP contribution in [0.5, 0.6) is 0 Å². The van der Waals surface area contributed by atoms with Gasteiger partial charge in [0.15, 0.2) is 0 Å². The quantitative estimate of drug-likeness (QED) is 0.152. The minimum Gasteiger partial charge on any atom is -0.310 e. The molecule has 0 N–H and O–H groups in total. The van der Waals surface area contributed by atoms with E-state index in [-0.39, 0.29) is 0 Å². The molecule has 0 atom stereocenters. The average molecular weight is 715 g/mol. The Kier molecular flexibility index (Phi) is 8.55. The van der Waals surface area contributed by atoms with E-state index in [0.717, 1.165) is 22.7 Å². The molecule has 9 aromatic carbocycles. The zero-order chi connectivity index (χ0) is 37.3. The highest BCUT2D eigenvalue weighted by atomic mass is 15.1. The van der Waals surface area contributed by atoms with Gasteiger partial charge in [-0.3, -0.25) is 0 Å². The van der Waals surface area contributed by atoms with E-state index >= 15 is 0 Å². The van der Waals surface area contributed by atoms with Gasteiger partial charge >= 0.3 is 0 Å². The maximum Gasteiger partial charge on any atom is 0.0547 e. The summed E-state index contributed by atoms with van der Waals surface area (Å²) in [5, 5.41) is 2.49. The van der Waals surface area contributed by atoms with Crippen LogP contribution < -0.4 is 4.90 Å². The van der Waals surface area contributed by atoms with E-state index in [1.165, 1.54) is 66.3 Å². The molecular formula is C54H38N2. The lowest BCUT2D eigenvalue weighted by Gasteiger charge is -2.28. The summed E-state index contributed by atoms with van der Waals surface area (Å²) in [6.07, 6.45) is 0. The molecule has 0 fully saturated rings. The van der Waals surface area contributed by atoms with Gasteiger partial charge in [0.2, 0.25) is 0 Å². The van der Waals surface area contributed by atoms with Crippen molar-refractivity contribution in [2.75, 3.05) is 4.90 Å². The van der Waals surface area contributed by atoms with E-state index in [1.54, 1.807) is 0 Å². The first-order valence-electron chi connectivity index (χ1n) is 19.2. The highest BCUT2D eigenvalue weighted by Gasteiger charge is 2.20. The fourth-order valence-electron chi connectivity index (χ4n) is 8.28. The molecule has 0 unspecified atom stereocenters. The second-order valence-electron chi connectivity index (χ2n) is 14.1. The Hall–Kier alpha value is -7.42. The van der Waals surface area contributed by atoms with E-state index in [9.17, 15) is 0 Å². The van der Waals surface area contributed by atoms with Crippen molar-refractivity contribution in [3.05, 3.63) is 231 Å². The molecule has 10 rings (SSSR count). The topological polar surface area (TPSA) is 8.17 Å². The van der Waals surface area contributed by atoms with Crippen molar-refractivity contribution in [3.8, 4) is 50.2 Å². The van der Waals surface area contributed by atoms with Crippen molar-refractivity contribution in [3.63, 3.8) is 0 Å². The van der Waals surface area contributed by atoms with Gasteiger partial charge in [-0.15, -0.1) is 0 Å². The van der Waals surface area contributed by atoms with Gasteiger partial charge in [0, 0.05) is 33.4 Å². The number of aromatic nitrogens is 1. The van der Waals surface area contributed by atoms with Crippen LogP contribution in [0.25, 0.3) is 72.0 Å². The number of anilines is 3. The molecule has 1 heterocycles. The summed E-state index contributed by atoms with van der Waals surface area (Å²) in [5.74, 6) is 0. The molecule has 0 aliphatic carbocycles. The molecular weight excluding hydrogens is 677 g/mol. The fourth-order valence-corrected chi connectivity index (χ4v) is 8.28. The van der Waals surface area contributed by atoms with Crippen molar-refractivity contribution in [2.24, 2.45) is 0 Å². The van der Waals surface area contributed by atoms with Crippen molar-refractivity contribution in [1.29, 1.82) is 0 Å². The SMILES string of the molecule is c1ccc(-c2ccccc2-c2ccc(N(c3cccc(-c4cccc5c4c4ccccc4n5-c4ccccc4)c3)c3ccccc3-c3ccccc3)cc2)cc1. The molecule has 0 saturated carbocycles. The Morgan fingerprint density at radius 1 is 0.304 bits per heavy atom. The lowest BCUT2D eigenvalue weighted by Crippen LogP contribution is -2.11. The van der Waals surface area contributed by atoms with Crippen LogP contribution in [-0.4, -0.2) is 4.57 Å². The summed E-state index contributed by atoms with van der Waals surface area (Å²) in [5.41, 5.74) is 16.4. The van der Waals surface area contributed by atoms with Gasteiger partial charge in [0.1, 0.15) is 0 Å². The van der Waals surface area contributed by atoms with Crippen molar-refractivity contribution >= 4 is 38.9 Å². The van der Waals surface area contributed by atoms with Crippen LogP contribution in [0.1, 0.15) is 0 Å². The predicted molar refractivity (Wildman–Crippen MR) is 237 cm³/mol. The number of hydrogen-bond donors (Lipinski definition) is 0. The molecule has 2 heteroatoms. The molecule has 0 aliphatic rings. The molecule has 2 nitrogen and oxygen atoms in total. The lowest BCUT2D eigenvalue weighted by molar-refractivity contribution is 1.18. The summed E-state index contributed by atoms with van der Waals surface area (Å²) in [6.45, 7) is 0. The van der Waals surface area contributed by atoms with Crippen LogP contribution in [0.2, 0.25) is 0 Å². The first-order valence-corrected chi connectivity index (χ1v) is 19.2. The summed E-state index contributed by atoms with van der Waals surface area (Å²) < 4.78 is 2.39. The second kappa shape index (κ2) is 14.4. The van der Waals surface area contributed by atoms with Gasteiger partial charge in [-0.25, -0.2) is 0 Å². The lowest BCUT2D eigenvalue weighted by atomic mass is 9.94. The summed E-state index contributed by atoms with van der Waals surface area (Å²) >= 11 is 0. The Morgan fingerprint density at radius 3 is 1.52 bits per heavy atom. The fraction of sp³-hybridized carbons (Fsp3) is 0. The average Bonchev–Trinajstić information content (AvgIpc) is 3.63. The maximum atomic E-state index is 2.41. The maximum absolute atomic E-state index is 2.41. The summed E-state index contributed by atoms with van der Waals surface area (Å²) in [4.78, 5) is 2.41. The van der Waals surface area contributed by atoms with Crippen LogP contribution in [0.3, 0.4) is 0 Å². The number of nitrogens with zero attached hydrogens (tertiary/aromatic N) is 2. The first-order chi connectivity index (χ1) is 27.8. The summed E-state index contributed by atoms with van der Waals surface area (Å²) in [6, 6.07) is 83.0. The van der Waals surface area contributed by atoms with Crippen LogP contribution in [0.4, 0.5) is 17.1 Å². The smallest absolute Gasteiger partial charge is 0.0547 e. The van der Waals surface area contributed by atoms with E-state index < -0.39 is 0 Å². The Morgan fingerprint density at radius 2 is 0.804 bits per heavy atom. The minimum atomic E-state index is 1.09. The molecule has 56 heavy (non-hydrogen) atoms. The second-order valence-corrected chi connectivity index (χ2v) is 14.1. The molecule has 10 aromatic rings. The van der Waals surface area contributed by atoms with E-state index in [4.69, 9.17) is 0 Å². The van der Waals surface area contributed by atoms with Crippen LogP contribution in [-0.2, 0) is 0 Å². The number of hydrogen-bond acceptors (Lipinski definition) is 1. The number of fused-ring (bicyclic) bond motifs is 3. The molecule has 0 amide bonds. The Bertz CT molecular complexity index is 2940. The molecule has 0 aliphatic heterocycles. The van der Waals surface area contributed by atoms with Crippen molar-refractivity contribution < 1.29 is 0 Å². The van der Waals surface area contributed by atoms with Gasteiger partial charge in [0.05, 0.1) is 16.7 Å². The van der Waals surface area contributed by atoms with Crippen molar-refractivity contribution in [1.82, 2.24) is 4.57 Å². The number of para-hydroxylation sites is 3. The zero-order valence-electron chi connectivity index (χ0n) is 30.8. The van der Waals surface area contributed by atoms with E-state index in [1.807, 2.05) is 0 Å². The molecule has 0 bridgehead atoms. The normalized spacial score (nSPS) is 11.2. The third-order valence-corrected chi connectivity index (χ3v) is 10.8. The van der Waals surface area contributed by atoms with E-state index in [0.29, 0.717) is 0 Å². The molecule has 264 valence electrons. The van der Waals surface area contributed by atoms with Crippen molar-refractivity contribution in [2.45, 2.75) is 0 Å². The van der Waals surface area contributed by atoms with Crippen LogP contribution in [0.15, 0.2) is 231 Å². The third kappa shape index (κ3) is 5.95. The Labute approximate surface area is 327 Å².